The molecule has 0 aliphatic carbocycles. The second-order valence-corrected chi connectivity index (χ2v) is 7.97. The summed E-state index contributed by atoms with van der Waals surface area (Å²) in [6, 6.07) is 22.9. The number of benzene rings is 3. The third kappa shape index (κ3) is 3.99. The standard InChI is InChI=1S/C24H20ClN3OS/c1-16-8-9-19(14-17(16)2)22(29)15-27-24(30)28(21-6-4-3-5-7-21)23(26-27)18-10-12-20(25)13-11-18/h3-14H,15H2,1-2H3. The van der Waals surface area contributed by atoms with Gasteiger partial charge in [-0.15, -0.1) is 0 Å². The molecule has 0 saturated heterocycles. The van der Waals surface area contributed by atoms with Crippen LogP contribution in [0, 0.1) is 18.6 Å². The molecule has 1 aromatic heterocycles. The van der Waals surface area contributed by atoms with E-state index in [4.69, 9.17) is 28.9 Å². The largest absolute Gasteiger partial charge is 0.292 e. The van der Waals surface area contributed by atoms with Crippen LogP contribution in [0.1, 0.15) is 21.5 Å². The van der Waals surface area contributed by atoms with Gasteiger partial charge in [0.15, 0.2) is 11.6 Å². The Balaban J connectivity index is 1.79. The molecule has 4 nitrogen and oxygen atoms in total. The molecule has 0 saturated carbocycles. The molecule has 0 fully saturated rings. The highest BCUT2D eigenvalue weighted by Gasteiger charge is 2.17. The van der Waals surface area contributed by atoms with Gasteiger partial charge in [-0.25, -0.2) is 4.68 Å². The first-order chi connectivity index (χ1) is 14.4. The third-order valence-electron chi connectivity index (χ3n) is 5.08. The minimum absolute atomic E-state index is 0.0328. The number of carbonyl (C=O) groups is 1. The fourth-order valence-corrected chi connectivity index (χ4v) is 3.67. The Morgan fingerprint density at radius 1 is 0.967 bits per heavy atom. The van der Waals surface area contributed by atoms with Gasteiger partial charge >= 0.3 is 0 Å². The van der Waals surface area contributed by atoms with Crippen molar-refractivity contribution in [3.05, 3.63) is 99.3 Å². The zero-order valence-electron chi connectivity index (χ0n) is 16.7. The maximum absolute atomic E-state index is 12.9. The highest BCUT2D eigenvalue weighted by molar-refractivity contribution is 7.71. The topological polar surface area (TPSA) is 39.8 Å². The van der Waals surface area contributed by atoms with Crippen LogP contribution in [0.4, 0.5) is 0 Å². The number of hydrogen-bond donors (Lipinski definition) is 0. The minimum Gasteiger partial charge on any atom is -0.292 e. The Morgan fingerprint density at radius 3 is 2.33 bits per heavy atom. The number of hydrogen-bond acceptors (Lipinski definition) is 3. The number of para-hydroxylation sites is 1. The second-order valence-electron chi connectivity index (χ2n) is 7.16. The van der Waals surface area contributed by atoms with Crippen LogP contribution in [0.5, 0.6) is 0 Å². The molecule has 6 heteroatoms. The average molecular weight is 434 g/mol. The van der Waals surface area contributed by atoms with Crippen LogP contribution in [0.3, 0.4) is 0 Å². The van der Waals surface area contributed by atoms with Gasteiger partial charge in [-0.3, -0.25) is 9.36 Å². The van der Waals surface area contributed by atoms with Crippen molar-refractivity contribution in [3.8, 4) is 17.1 Å². The smallest absolute Gasteiger partial charge is 0.203 e. The quantitative estimate of drug-likeness (QED) is 0.277. The van der Waals surface area contributed by atoms with Crippen LogP contribution in [0.2, 0.25) is 5.02 Å². The van der Waals surface area contributed by atoms with Gasteiger partial charge < -0.3 is 0 Å². The fourth-order valence-electron chi connectivity index (χ4n) is 3.25. The molecule has 0 unspecified atom stereocenters. The second kappa shape index (κ2) is 8.38. The van der Waals surface area contributed by atoms with Crippen molar-refractivity contribution >= 4 is 29.6 Å². The van der Waals surface area contributed by atoms with Crippen molar-refractivity contribution in [1.82, 2.24) is 14.3 Å². The monoisotopic (exact) mass is 433 g/mol. The molecule has 0 aliphatic rings. The summed E-state index contributed by atoms with van der Waals surface area (Å²) in [5.74, 6) is 0.630. The third-order valence-corrected chi connectivity index (χ3v) is 5.72. The zero-order chi connectivity index (χ0) is 21.3. The molecular weight excluding hydrogens is 414 g/mol. The van der Waals surface area contributed by atoms with Crippen molar-refractivity contribution in [1.29, 1.82) is 0 Å². The van der Waals surface area contributed by atoms with Gasteiger partial charge in [-0.2, -0.15) is 5.10 Å². The Kier molecular flexibility index (Phi) is 5.66. The molecule has 0 bridgehead atoms. The summed E-state index contributed by atoms with van der Waals surface area (Å²) in [5.41, 5.74) is 4.65. The molecule has 0 atom stereocenters. The maximum Gasteiger partial charge on any atom is 0.203 e. The lowest BCUT2D eigenvalue weighted by Crippen LogP contribution is -2.12. The average Bonchev–Trinajstić information content (AvgIpc) is 3.07. The van der Waals surface area contributed by atoms with Crippen molar-refractivity contribution in [2.24, 2.45) is 0 Å². The first kappa shape index (κ1) is 20.3. The number of aromatic nitrogens is 3. The van der Waals surface area contributed by atoms with E-state index in [1.54, 1.807) is 4.68 Å². The van der Waals surface area contributed by atoms with Crippen LogP contribution in [-0.2, 0) is 6.54 Å². The first-order valence-corrected chi connectivity index (χ1v) is 10.3. The number of Topliss-reactive ketones (excluding diaryl/α,β-unsaturated/α-hetero) is 1. The predicted molar refractivity (Wildman–Crippen MR) is 123 cm³/mol. The van der Waals surface area contributed by atoms with E-state index in [1.807, 2.05) is 91.2 Å². The lowest BCUT2D eigenvalue weighted by Gasteiger charge is -2.06. The number of nitrogens with zero attached hydrogens (tertiary/aromatic N) is 3. The molecule has 0 aliphatic heterocycles. The lowest BCUT2D eigenvalue weighted by atomic mass is 10.0. The summed E-state index contributed by atoms with van der Waals surface area (Å²) < 4.78 is 3.93. The van der Waals surface area contributed by atoms with Gasteiger partial charge in [0.2, 0.25) is 4.77 Å². The van der Waals surface area contributed by atoms with Crippen LogP contribution >= 0.6 is 23.8 Å². The molecule has 3 aromatic carbocycles. The van der Waals surface area contributed by atoms with E-state index in [0.717, 1.165) is 22.4 Å². The Bertz CT molecular complexity index is 1270. The first-order valence-electron chi connectivity index (χ1n) is 9.56. The van der Waals surface area contributed by atoms with Gasteiger partial charge in [-0.05, 0) is 79.7 Å². The number of ketones is 1. The van der Waals surface area contributed by atoms with Crippen molar-refractivity contribution in [2.45, 2.75) is 20.4 Å². The van der Waals surface area contributed by atoms with Crippen molar-refractivity contribution in [2.75, 3.05) is 0 Å². The highest BCUT2D eigenvalue weighted by atomic mass is 35.5. The number of aryl methyl sites for hydroxylation is 2. The van der Waals surface area contributed by atoms with Crippen molar-refractivity contribution in [3.63, 3.8) is 0 Å². The molecule has 30 heavy (non-hydrogen) atoms. The van der Waals surface area contributed by atoms with E-state index in [1.165, 1.54) is 0 Å². The van der Waals surface area contributed by atoms with Gasteiger partial charge in [0.05, 0.1) is 0 Å². The predicted octanol–water partition coefficient (Wildman–Crippen LogP) is 6.22. The Morgan fingerprint density at radius 2 is 1.67 bits per heavy atom. The number of carbonyl (C=O) groups excluding carboxylic acids is 1. The summed E-state index contributed by atoms with van der Waals surface area (Å²) in [4.78, 5) is 12.9. The van der Waals surface area contributed by atoms with E-state index in [2.05, 4.69) is 0 Å². The highest BCUT2D eigenvalue weighted by Crippen LogP contribution is 2.24. The minimum atomic E-state index is -0.0328. The molecular formula is C24H20ClN3OS. The van der Waals surface area contributed by atoms with E-state index >= 15 is 0 Å². The van der Waals surface area contributed by atoms with Crippen LogP contribution < -0.4 is 0 Å². The summed E-state index contributed by atoms with van der Waals surface area (Å²) in [5, 5.41) is 5.35. The zero-order valence-corrected chi connectivity index (χ0v) is 18.2. The molecule has 4 rings (SSSR count). The van der Waals surface area contributed by atoms with Crippen molar-refractivity contribution < 1.29 is 4.79 Å². The van der Waals surface area contributed by atoms with Gasteiger partial charge in [0, 0.05) is 21.8 Å². The lowest BCUT2D eigenvalue weighted by molar-refractivity contribution is 0.0967. The van der Waals surface area contributed by atoms with E-state index in [0.29, 0.717) is 21.2 Å². The summed E-state index contributed by atoms with van der Waals surface area (Å²) in [6.07, 6.45) is 0. The van der Waals surface area contributed by atoms with E-state index in [-0.39, 0.29) is 12.3 Å². The molecule has 1 heterocycles. The Hall–Kier alpha value is -3.02. The van der Waals surface area contributed by atoms with Gasteiger partial charge in [0.25, 0.3) is 0 Å². The van der Waals surface area contributed by atoms with E-state index in [9.17, 15) is 4.79 Å². The normalized spacial score (nSPS) is 10.9. The molecule has 0 amide bonds. The maximum atomic E-state index is 12.9. The molecule has 150 valence electrons. The van der Waals surface area contributed by atoms with Gasteiger partial charge in [-0.1, -0.05) is 41.9 Å². The Labute approximate surface area is 185 Å². The van der Waals surface area contributed by atoms with Crippen LogP contribution in [0.15, 0.2) is 72.8 Å². The molecule has 0 spiro atoms. The fraction of sp³-hybridized carbons (Fsp3) is 0.125. The van der Waals surface area contributed by atoms with Gasteiger partial charge in [0.1, 0.15) is 6.54 Å². The summed E-state index contributed by atoms with van der Waals surface area (Å²) in [6.45, 7) is 4.10. The van der Waals surface area contributed by atoms with Crippen LogP contribution in [-0.4, -0.2) is 20.1 Å². The number of rotatable bonds is 5. The SMILES string of the molecule is Cc1ccc(C(=O)Cn2nc(-c3ccc(Cl)cc3)n(-c3ccccc3)c2=S)cc1C. The number of halogens is 1. The molecule has 4 aromatic rings. The molecule has 0 radical (unpaired) electrons. The van der Waals surface area contributed by atoms with E-state index < -0.39 is 0 Å². The summed E-state index contributed by atoms with van der Waals surface area (Å²) >= 11 is 11.8. The summed E-state index contributed by atoms with van der Waals surface area (Å²) in [7, 11) is 0. The molecule has 0 N–H and O–H groups in total. The van der Waals surface area contributed by atoms with Crippen LogP contribution in [0.25, 0.3) is 17.1 Å².